The minimum atomic E-state index is 0.727. The maximum atomic E-state index is 10.1. The Balaban J connectivity index is 0.000000284. The Morgan fingerprint density at radius 1 is 1.32 bits per heavy atom. The van der Waals surface area contributed by atoms with Gasteiger partial charge in [-0.3, -0.25) is 4.79 Å². The second-order valence-electron chi connectivity index (χ2n) is 2.66. The van der Waals surface area contributed by atoms with Crippen LogP contribution in [-0.4, -0.2) is 6.29 Å². The van der Waals surface area contributed by atoms with Gasteiger partial charge in [-0.25, -0.2) is 4.85 Å². The maximum absolute atomic E-state index is 10.1. The molecule has 0 bridgehead atoms. The highest BCUT2D eigenvalue weighted by Gasteiger charge is 1.96. The molecule has 0 aliphatic heterocycles. The fourth-order valence-electron chi connectivity index (χ4n) is 0.755. The van der Waals surface area contributed by atoms with Gasteiger partial charge >= 0.3 is 0 Å². The molecular formula is C12H8Br2N2OS2. The highest BCUT2D eigenvalue weighted by atomic mass is 79.9. The maximum Gasteiger partial charge on any atom is 0.255 e. The monoisotopic (exact) mass is 418 g/mol. The summed E-state index contributed by atoms with van der Waals surface area (Å²) in [5.41, 5.74) is 0. The number of hydrogen-bond donors (Lipinski definition) is 0. The summed E-state index contributed by atoms with van der Waals surface area (Å²) in [6.45, 7) is 8.04. The van der Waals surface area contributed by atoms with Crippen LogP contribution in [-0.2, 0) is 0 Å². The number of carbonyl (C=O) groups is 1. The molecular weight excluding hydrogens is 412 g/mol. The van der Waals surface area contributed by atoms with Crippen molar-refractivity contribution in [2.75, 3.05) is 0 Å². The van der Waals surface area contributed by atoms with Crippen molar-refractivity contribution in [3.63, 3.8) is 0 Å². The molecule has 0 atom stereocenters. The highest BCUT2D eigenvalue weighted by Crippen LogP contribution is 2.30. The standard InChI is InChI=1S/C5H2BrNS.C5H3BrOS.C2H3N/c1-7-5-4(6)2-3-8-5;6-4-1-2-8-5(4)3-7;1-2-3/h2-3H;1-3H;1H3. The van der Waals surface area contributed by atoms with Gasteiger partial charge in [0, 0.05) is 15.9 Å². The van der Waals surface area contributed by atoms with Crippen molar-refractivity contribution in [3.05, 3.63) is 48.1 Å². The summed E-state index contributed by atoms with van der Waals surface area (Å²) < 4.78 is 1.79. The molecule has 98 valence electrons. The summed E-state index contributed by atoms with van der Waals surface area (Å²) in [6, 6.07) is 5.48. The summed E-state index contributed by atoms with van der Waals surface area (Å²) in [4.78, 5) is 14.1. The zero-order chi connectivity index (χ0) is 14.7. The number of rotatable bonds is 1. The van der Waals surface area contributed by atoms with E-state index in [1.165, 1.54) is 29.6 Å². The van der Waals surface area contributed by atoms with Crippen molar-refractivity contribution in [3.8, 4) is 6.07 Å². The second-order valence-corrected chi connectivity index (χ2v) is 6.21. The molecule has 0 N–H and O–H groups in total. The van der Waals surface area contributed by atoms with Crippen LogP contribution >= 0.6 is 54.5 Å². The van der Waals surface area contributed by atoms with Crippen LogP contribution in [0.5, 0.6) is 0 Å². The van der Waals surface area contributed by atoms with Crippen LogP contribution in [0.4, 0.5) is 5.00 Å². The van der Waals surface area contributed by atoms with Crippen molar-refractivity contribution in [1.29, 1.82) is 5.26 Å². The number of thiophene rings is 2. The van der Waals surface area contributed by atoms with Gasteiger partial charge in [0.05, 0.1) is 17.5 Å². The van der Waals surface area contributed by atoms with Crippen molar-refractivity contribution < 1.29 is 4.79 Å². The molecule has 0 fully saturated rings. The van der Waals surface area contributed by atoms with Crippen LogP contribution in [0.15, 0.2) is 31.8 Å². The largest absolute Gasteiger partial charge is 0.297 e. The van der Waals surface area contributed by atoms with E-state index < -0.39 is 0 Å². The molecule has 0 saturated carbocycles. The normalized spacial score (nSPS) is 7.84. The second kappa shape index (κ2) is 10.9. The Kier molecular flexibility index (Phi) is 10.3. The molecule has 7 heteroatoms. The molecule has 2 rings (SSSR count). The summed E-state index contributed by atoms with van der Waals surface area (Å²) in [5.74, 6) is 0. The Labute approximate surface area is 136 Å². The van der Waals surface area contributed by atoms with E-state index in [4.69, 9.17) is 11.8 Å². The van der Waals surface area contributed by atoms with Crippen molar-refractivity contribution in [2.24, 2.45) is 0 Å². The molecule has 0 unspecified atom stereocenters. The molecule has 0 spiro atoms. The number of nitriles is 1. The van der Waals surface area contributed by atoms with Gasteiger partial charge < -0.3 is 0 Å². The lowest BCUT2D eigenvalue weighted by atomic mass is 10.5. The van der Waals surface area contributed by atoms with E-state index in [0.29, 0.717) is 0 Å². The Morgan fingerprint density at radius 2 is 1.84 bits per heavy atom. The van der Waals surface area contributed by atoms with Crippen molar-refractivity contribution in [2.45, 2.75) is 6.92 Å². The fourth-order valence-corrected chi connectivity index (χ4v) is 3.27. The number of hydrogen-bond acceptors (Lipinski definition) is 4. The predicted octanol–water partition coefficient (Wildman–Crippen LogP) is 5.91. The average molecular weight is 420 g/mol. The molecule has 19 heavy (non-hydrogen) atoms. The van der Waals surface area contributed by atoms with Gasteiger partial charge in [0.25, 0.3) is 5.00 Å². The van der Waals surface area contributed by atoms with Crippen LogP contribution in [0.25, 0.3) is 4.85 Å². The predicted molar refractivity (Wildman–Crippen MR) is 87.0 cm³/mol. The van der Waals surface area contributed by atoms with Crippen LogP contribution < -0.4 is 0 Å². The number of nitrogens with zero attached hydrogens (tertiary/aromatic N) is 2. The van der Waals surface area contributed by atoms with Crippen molar-refractivity contribution in [1.82, 2.24) is 0 Å². The van der Waals surface area contributed by atoms with Gasteiger partial charge in [-0.15, -0.1) is 11.3 Å². The number of carbonyl (C=O) groups excluding carboxylic acids is 1. The van der Waals surface area contributed by atoms with E-state index in [2.05, 4.69) is 36.7 Å². The summed E-state index contributed by atoms with van der Waals surface area (Å²) >= 11 is 9.31. The molecule has 0 aliphatic carbocycles. The molecule has 0 radical (unpaired) electrons. The number of halogens is 2. The first-order chi connectivity index (χ1) is 9.10. The Hall–Kier alpha value is -0.990. The van der Waals surface area contributed by atoms with Gasteiger partial charge in [-0.1, -0.05) is 15.9 Å². The van der Waals surface area contributed by atoms with Crippen molar-refractivity contribution >= 4 is 65.8 Å². The topological polar surface area (TPSA) is 45.2 Å². The molecule has 2 heterocycles. The lowest BCUT2D eigenvalue weighted by Gasteiger charge is -1.76. The van der Waals surface area contributed by atoms with Gasteiger partial charge in [0.2, 0.25) is 0 Å². The minimum absolute atomic E-state index is 0.727. The first kappa shape index (κ1) is 18.0. The third-order valence-corrected chi connectivity index (χ3v) is 4.96. The summed E-state index contributed by atoms with van der Waals surface area (Å²) in [5, 5.41) is 11.8. The van der Waals surface area contributed by atoms with Crippen LogP contribution in [0.2, 0.25) is 0 Å². The highest BCUT2D eigenvalue weighted by molar-refractivity contribution is 9.11. The van der Waals surface area contributed by atoms with Gasteiger partial charge in [0.15, 0.2) is 6.29 Å². The molecule has 2 aromatic rings. The van der Waals surface area contributed by atoms with Gasteiger partial charge in [0.1, 0.15) is 0 Å². The third kappa shape index (κ3) is 7.24. The molecule has 3 nitrogen and oxygen atoms in total. The first-order valence-corrected chi connectivity index (χ1v) is 8.04. The van der Waals surface area contributed by atoms with E-state index in [-0.39, 0.29) is 0 Å². The SMILES string of the molecule is CC#N.O=Cc1sccc1Br.[C-]#[N+]c1sccc1Br. The van der Waals surface area contributed by atoms with E-state index in [0.717, 1.165) is 25.1 Å². The van der Waals surface area contributed by atoms with Crippen LogP contribution in [0.3, 0.4) is 0 Å². The zero-order valence-corrected chi connectivity index (χ0v) is 14.6. The Morgan fingerprint density at radius 3 is 2.05 bits per heavy atom. The smallest absolute Gasteiger partial charge is 0.255 e. The lowest BCUT2D eigenvalue weighted by molar-refractivity contribution is 0.112. The van der Waals surface area contributed by atoms with Gasteiger partial charge in [-0.05, 0) is 38.8 Å². The average Bonchev–Trinajstić information content (AvgIpc) is 2.99. The Bertz CT molecular complexity index is 593. The van der Waals surface area contributed by atoms with Crippen LogP contribution in [0.1, 0.15) is 16.6 Å². The fraction of sp³-hybridized carbons (Fsp3) is 0.0833. The molecule has 2 aromatic heterocycles. The molecule has 0 aromatic carbocycles. The van der Waals surface area contributed by atoms with E-state index in [1.807, 2.05) is 22.9 Å². The third-order valence-electron chi connectivity index (χ3n) is 1.45. The molecule has 0 amide bonds. The quantitative estimate of drug-likeness (QED) is 0.425. The van der Waals surface area contributed by atoms with Crippen LogP contribution in [0, 0.1) is 17.9 Å². The zero-order valence-electron chi connectivity index (χ0n) is 9.76. The van der Waals surface area contributed by atoms with Gasteiger partial charge in [-0.2, -0.15) is 16.6 Å². The van der Waals surface area contributed by atoms with E-state index in [9.17, 15) is 4.79 Å². The lowest BCUT2D eigenvalue weighted by Crippen LogP contribution is -1.66. The summed E-state index contributed by atoms with van der Waals surface area (Å²) in [7, 11) is 0. The van der Waals surface area contributed by atoms with E-state index >= 15 is 0 Å². The molecule has 0 aliphatic rings. The minimum Gasteiger partial charge on any atom is -0.297 e. The van der Waals surface area contributed by atoms with E-state index in [1.54, 1.807) is 6.07 Å². The summed E-state index contributed by atoms with van der Waals surface area (Å²) in [6.07, 6.45) is 0.842. The molecule has 0 saturated heterocycles. The first-order valence-electron chi connectivity index (χ1n) is 4.70. The number of aldehydes is 1.